The first kappa shape index (κ1) is 47.4. The fourth-order valence-corrected chi connectivity index (χ4v) is 8.01. The highest BCUT2D eigenvalue weighted by molar-refractivity contribution is 5.99. The van der Waals surface area contributed by atoms with Crippen molar-refractivity contribution >= 4 is 41.4 Å². The molecule has 4 rings (SSSR count). The normalized spacial score (nSPS) is 25.9. The van der Waals surface area contributed by atoms with E-state index in [-0.39, 0.29) is 31.7 Å². The number of likely N-dealkylation sites (N-methyl/N-ethyl adjacent to an activating group) is 2. The second kappa shape index (κ2) is 21.3. The number of carbonyl (C=O) groups excluding carboxylic acids is 7. The lowest BCUT2D eigenvalue weighted by Gasteiger charge is -2.36. The number of nitrogens with one attached hydrogen (secondary N) is 4. The molecule has 0 aliphatic carbocycles. The Morgan fingerprint density at radius 3 is 1.40 bits per heavy atom. The maximum atomic E-state index is 14.6. The molecule has 0 bridgehead atoms. The maximum absolute atomic E-state index is 14.6. The van der Waals surface area contributed by atoms with Crippen LogP contribution in [0.3, 0.4) is 0 Å². The average Bonchev–Trinajstić information content (AvgIpc) is 3.70. The number of rotatable bonds is 9. The van der Waals surface area contributed by atoms with Crippen LogP contribution in [0, 0.1) is 23.7 Å². The Morgan fingerprint density at radius 1 is 0.533 bits per heavy atom. The zero-order valence-corrected chi connectivity index (χ0v) is 37.1. The summed E-state index contributed by atoms with van der Waals surface area (Å²) >= 11 is 0. The van der Waals surface area contributed by atoms with Gasteiger partial charge in [0.25, 0.3) is 0 Å². The average molecular weight is 830 g/mol. The SMILES string of the molecule is CC(C)C[C@@H]1NC(=O)C(Cc2ccccc2)N(C)C(=O)C(C(C)C)NC(=O)C(C(C)C)NC(=O)[C@@H](C(C)C)NC(=O)C(Cc2ccccc2)N(C)C(=O)[C@@H]2CCCN2C1=O. The van der Waals surface area contributed by atoms with E-state index in [0.717, 1.165) is 11.1 Å². The van der Waals surface area contributed by atoms with E-state index in [9.17, 15) is 33.6 Å². The molecule has 2 aromatic carbocycles. The summed E-state index contributed by atoms with van der Waals surface area (Å²) in [6.45, 7) is 14.8. The van der Waals surface area contributed by atoms with E-state index < -0.39 is 101 Å². The van der Waals surface area contributed by atoms with Gasteiger partial charge in [0.05, 0.1) is 0 Å². The van der Waals surface area contributed by atoms with Gasteiger partial charge >= 0.3 is 0 Å². The van der Waals surface area contributed by atoms with Crippen LogP contribution in [-0.2, 0) is 46.4 Å². The predicted octanol–water partition coefficient (Wildman–Crippen LogP) is 3.08. The molecule has 14 nitrogen and oxygen atoms in total. The molecule has 2 aliphatic heterocycles. The van der Waals surface area contributed by atoms with E-state index in [1.54, 1.807) is 41.5 Å². The minimum Gasteiger partial charge on any atom is -0.342 e. The molecule has 60 heavy (non-hydrogen) atoms. The molecule has 14 heteroatoms. The van der Waals surface area contributed by atoms with Crippen molar-refractivity contribution in [1.82, 2.24) is 36.0 Å². The first-order chi connectivity index (χ1) is 28.3. The van der Waals surface area contributed by atoms with E-state index in [2.05, 4.69) is 21.3 Å². The number of benzene rings is 2. The number of fused-ring (bicyclic) bond motifs is 1. The maximum Gasteiger partial charge on any atom is 0.245 e. The predicted molar refractivity (Wildman–Crippen MR) is 230 cm³/mol. The molecule has 4 unspecified atom stereocenters. The molecule has 0 radical (unpaired) electrons. The van der Waals surface area contributed by atoms with Gasteiger partial charge in [-0.1, -0.05) is 116 Å². The fourth-order valence-electron chi connectivity index (χ4n) is 8.01. The third-order valence-corrected chi connectivity index (χ3v) is 11.6. The van der Waals surface area contributed by atoms with Gasteiger partial charge in [-0.15, -0.1) is 0 Å². The highest BCUT2D eigenvalue weighted by Gasteiger charge is 2.43. The van der Waals surface area contributed by atoms with Crippen LogP contribution in [0.25, 0.3) is 0 Å². The molecule has 7 amide bonds. The van der Waals surface area contributed by atoms with Gasteiger partial charge in [0, 0.05) is 33.5 Å². The van der Waals surface area contributed by atoms with Crippen LogP contribution in [0.1, 0.15) is 85.8 Å². The Balaban J connectivity index is 1.86. The molecule has 2 fully saturated rings. The van der Waals surface area contributed by atoms with E-state index in [1.165, 1.54) is 28.8 Å². The van der Waals surface area contributed by atoms with E-state index in [0.29, 0.717) is 12.8 Å². The topological polar surface area (TPSA) is 177 Å². The molecule has 328 valence electrons. The molecule has 2 heterocycles. The van der Waals surface area contributed by atoms with Gasteiger partial charge in [0.15, 0.2) is 0 Å². The van der Waals surface area contributed by atoms with Crippen molar-refractivity contribution in [2.75, 3.05) is 20.6 Å². The molecular formula is C46H67N7O7. The number of nitrogens with zero attached hydrogens (tertiary/aromatic N) is 3. The molecule has 2 saturated heterocycles. The van der Waals surface area contributed by atoms with E-state index in [4.69, 9.17) is 0 Å². The van der Waals surface area contributed by atoms with E-state index >= 15 is 0 Å². The zero-order valence-electron chi connectivity index (χ0n) is 37.1. The summed E-state index contributed by atoms with van der Waals surface area (Å²) in [6, 6.07) is 11.1. The van der Waals surface area contributed by atoms with Gasteiger partial charge in [0.2, 0.25) is 41.4 Å². The van der Waals surface area contributed by atoms with Gasteiger partial charge in [-0.05, 0) is 54.1 Å². The Morgan fingerprint density at radius 2 is 0.950 bits per heavy atom. The molecule has 2 aliphatic rings. The third-order valence-electron chi connectivity index (χ3n) is 11.6. The van der Waals surface area contributed by atoms with Gasteiger partial charge < -0.3 is 36.0 Å². The van der Waals surface area contributed by atoms with Crippen LogP contribution in [0.15, 0.2) is 60.7 Å². The number of hydrogen-bond donors (Lipinski definition) is 4. The van der Waals surface area contributed by atoms with Crippen molar-refractivity contribution in [2.24, 2.45) is 23.7 Å². The Labute approximate surface area is 355 Å². The highest BCUT2D eigenvalue weighted by Crippen LogP contribution is 2.24. The first-order valence-electron chi connectivity index (χ1n) is 21.4. The van der Waals surface area contributed by atoms with Crippen molar-refractivity contribution < 1.29 is 33.6 Å². The second-order valence-electron chi connectivity index (χ2n) is 17.9. The Bertz CT molecular complexity index is 1820. The molecule has 4 N–H and O–H groups in total. The summed E-state index contributed by atoms with van der Waals surface area (Å²) in [5, 5.41) is 11.6. The lowest BCUT2D eigenvalue weighted by Crippen LogP contribution is -2.62. The van der Waals surface area contributed by atoms with Gasteiger partial charge in [-0.2, -0.15) is 0 Å². The Hall–Kier alpha value is -5.27. The largest absolute Gasteiger partial charge is 0.342 e. The van der Waals surface area contributed by atoms with Crippen LogP contribution >= 0.6 is 0 Å². The third kappa shape index (κ3) is 11.9. The molecule has 0 saturated carbocycles. The van der Waals surface area contributed by atoms with Crippen molar-refractivity contribution in [2.45, 2.75) is 130 Å². The first-order valence-corrected chi connectivity index (χ1v) is 21.4. The summed E-state index contributed by atoms with van der Waals surface area (Å²) in [6.07, 6.45) is 1.42. The van der Waals surface area contributed by atoms with Crippen molar-refractivity contribution in [3.63, 3.8) is 0 Å². The van der Waals surface area contributed by atoms with E-state index in [1.807, 2.05) is 74.5 Å². The van der Waals surface area contributed by atoms with Crippen LogP contribution in [0.4, 0.5) is 0 Å². The fraction of sp³-hybridized carbons (Fsp3) is 0.587. The smallest absolute Gasteiger partial charge is 0.245 e. The van der Waals surface area contributed by atoms with Crippen LogP contribution in [0.5, 0.6) is 0 Å². The highest BCUT2D eigenvalue weighted by atomic mass is 16.2. The summed E-state index contributed by atoms with van der Waals surface area (Å²) < 4.78 is 0. The quantitative estimate of drug-likeness (QED) is 0.300. The second-order valence-corrected chi connectivity index (χ2v) is 17.9. The van der Waals surface area contributed by atoms with Crippen LogP contribution in [-0.4, -0.2) is 119 Å². The lowest BCUT2D eigenvalue weighted by atomic mass is 9.96. The molecule has 0 aromatic heterocycles. The summed E-state index contributed by atoms with van der Waals surface area (Å²) in [5.41, 5.74) is 1.57. The summed E-state index contributed by atoms with van der Waals surface area (Å²) in [4.78, 5) is 105. The zero-order chi connectivity index (χ0) is 44.4. The van der Waals surface area contributed by atoms with Crippen molar-refractivity contribution in [3.8, 4) is 0 Å². The molecule has 0 spiro atoms. The Kier molecular flexibility index (Phi) is 16.8. The van der Waals surface area contributed by atoms with Crippen molar-refractivity contribution in [1.29, 1.82) is 0 Å². The molecule has 7 atom stereocenters. The van der Waals surface area contributed by atoms with Gasteiger partial charge in [-0.25, -0.2) is 0 Å². The monoisotopic (exact) mass is 830 g/mol. The number of carbonyl (C=O) groups is 7. The number of hydrogen-bond acceptors (Lipinski definition) is 7. The van der Waals surface area contributed by atoms with Crippen molar-refractivity contribution in [3.05, 3.63) is 71.8 Å². The van der Waals surface area contributed by atoms with Crippen LogP contribution < -0.4 is 21.3 Å². The minimum atomic E-state index is -1.09. The minimum absolute atomic E-state index is 0.0290. The number of amides is 7. The van der Waals surface area contributed by atoms with Gasteiger partial charge in [0.1, 0.15) is 42.3 Å². The summed E-state index contributed by atoms with van der Waals surface area (Å²) in [5.74, 6) is -5.00. The standard InChI is InChI=1S/C46H67N7O7/c1-27(2)24-33-44(58)53-23-17-22-34(53)45(59)51(9)36(26-32-20-15-12-16-21-32)41(55)48-37(28(3)4)42(56)49-38(29(5)6)43(57)50-39(30(7)8)46(60)52(10)35(40(54)47-33)25-31-18-13-11-14-19-31/h11-16,18-21,27-30,33-39H,17,22-26H2,1-10H3,(H,47,54)(H,48,55)(H,49,56)(H,50,57)/t33-,34-,35?,36?,37+,38?,39?/m0/s1. The molecule has 2 aromatic rings. The molecular weight excluding hydrogens is 763 g/mol. The lowest BCUT2D eigenvalue weighted by molar-refractivity contribution is -0.149. The van der Waals surface area contributed by atoms with Crippen LogP contribution in [0.2, 0.25) is 0 Å². The van der Waals surface area contributed by atoms with Gasteiger partial charge in [-0.3, -0.25) is 33.6 Å². The summed E-state index contributed by atoms with van der Waals surface area (Å²) in [7, 11) is 3.05.